The molecule has 0 amide bonds. The molecule has 0 aliphatic carbocycles. The lowest BCUT2D eigenvalue weighted by Gasteiger charge is -2.12. The van der Waals surface area contributed by atoms with Crippen LogP contribution in [0.1, 0.15) is 30.3 Å². The first-order chi connectivity index (χ1) is 15.2. The Morgan fingerprint density at radius 3 is 2.65 bits per heavy atom. The highest BCUT2D eigenvalue weighted by molar-refractivity contribution is 5.81. The van der Waals surface area contributed by atoms with Crippen LogP contribution in [0, 0.1) is 6.92 Å². The average Bonchev–Trinajstić information content (AvgIpc) is 3.45. The summed E-state index contributed by atoms with van der Waals surface area (Å²) in [5, 5.41) is 14.8. The van der Waals surface area contributed by atoms with Crippen molar-refractivity contribution in [2.75, 3.05) is 0 Å². The van der Waals surface area contributed by atoms with Gasteiger partial charge in [0.25, 0.3) is 0 Å². The number of benzene rings is 2. The second-order valence-corrected chi connectivity index (χ2v) is 7.65. The van der Waals surface area contributed by atoms with E-state index in [2.05, 4.69) is 74.4 Å². The monoisotopic (exact) mass is 409 g/mol. The van der Waals surface area contributed by atoms with Crippen LogP contribution in [0.3, 0.4) is 0 Å². The van der Waals surface area contributed by atoms with Gasteiger partial charge in [-0.2, -0.15) is 5.21 Å². The largest absolute Gasteiger partial charge is 0.308 e. The summed E-state index contributed by atoms with van der Waals surface area (Å²) in [4.78, 5) is 9.54. The van der Waals surface area contributed by atoms with Gasteiger partial charge in [-0.05, 0) is 52.9 Å². The van der Waals surface area contributed by atoms with Gasteiger partial charge in [0, 0.05) is 18.2 Å². The number of aromatic amines is 1. The van der Waals surface area contributed by atoms with E-state index in [9.17, 15) is 0 Å². The summed E-state index contributed by atoms with van der Waals surface area (Å²) < 4.78 is 2.23. The van der Waals surface area contributed by atoms with Crippen molar-refractivity contribution in [1.29, 1.82) is 0 Å². The predicted octanol–water partition coefficient (Wildman–Crippen LogP) is 4.59. The van der Waals surface area contributed by atoms with Crippen LogP contribution >= 0.6 is 0 Å². The number of hydrogen-bond acceptors (Lipinski definition) is 5. The van der Waals surface area contributed by atoms with Crippen LogP contribution in [0.15, 0.2) is 60.8 Å². The van der Waals surface area contributed by atoms with E-state index in [-0.39, 0.29) is 0 Å². The first-order valence-electron chi connectivity index (χ1n) is 10.5. The van der Waals surface area contributed by atoms with Crippen molar-refractivity contribution in [3.05, 3.63) is 77.7 Å². The van der Waals surface area contributed by atoms with Gasteiger partial charge in [0.2, 0.25) is 5.82 Å². The molecular formula is C24H23N7. The zero-order chi connectivity index (χ0) is 21.2. The Kier molecular flexibility index (Phi) is 5.00. The minimum Gasteiger partial charge on any atom is -0.308 e. The SMILES string of the molecule is CCCc1nc2c(C)ccnc2n1Cc1ccc(-c2ccccc2)c(-c2nn[nH]n2)c1. The van der Waals surface area contributed by atoms with Gasteiger partial charge in [0.1, 0.15) is 11.3 Å². The zero-order valence-corrected chi connectivity index (χ0v) is 17.6. The highest BCUT2D eigenvalue weighted by Gasteiger charge is 2.16. The average molecular weight is 409 g/mol. The van der Waals surface area contributed by atoms with E-state index in [1.807, 2.05) is 30.5 Å². The van der Waals surface area contributed by atoms with E-state index in [0.29, 0.717) is 12.4 Å². The number of imidazole rings is 1. The van der Waals surface area contributed by atoms with Gasteiger partial charge < -0.3 is 4.57 Å². The number of pyridine rings is 1. The minimum absolute atomic E-state index is 0.582. The number of aromatic nitrogens is 7. The van der Waals surface area contributed by atoms with Crippen LogP contribution in [0.5, 0.6) is 0 Å². The molecule has 0 bridgehead atoms. The van der Waals surface area contributed by atoms with Crippen LogP contribution in [0.4, 0.5) is 0 Å². The van der Waals surface area contributed by atoms with Crippen molar-refractivity contribution in [3.8, 4) is 22.5 Å². The molecule has 2 aromatic carbocycles. The topological polar surface area (TPSA) is 85.2 Å². The second-order valence-electron chi connectivity index (χ2n) is 7.65. The predicted molar refractivity (Wildman–Crippen MR) is 120 cm³/mol. The molecule has 0 radical (unpaired) electrons. The van der Waals surface area contributed by atoms with Crippen molar-refractivity contribution in [2.24, 2.45) is 0 Å². The number of aryl methyl sites for hydroxylation is 2. The molecule has 7 nitrogen and oxygen atoms in total. The molecule has 0 spiro atoms. The van der Waals surface area contributed by atoms with E-state index in [4.69, 9.17) is 4.98 Å². The molecule has 3 heterocycles. The Morgan fingerprint density at radius 2 is 1.87 bits per heavy atom. The first-order valence-corrected chi connectivity index (χ1v) is 10.5. The Morgan fingerprint density at radius 1 is 1.00 bits per heavy atom. The van der Waals surface area contributed by atoms with Gasteiger partial charge in [0.05, 0.1) is 6.54 Å². The van der Waals surface area contributed by atoms with Gasteiger partial charge in [-0.15, -0.1) is 10.2 Å². The lowest BCUT2D eigenvalue weighted by atomic mass is 9.97. The van der Waals surface area contributed by atoms with Crippen molar-refractivity contribution in [1.82, 2.24) is 35.2 Å². The number of rotatable bonds is 6. The van der Waals surface area contributed by atoms with Gasteiger partial charge >= 0.3 is 0 Å². The molecule has 154 valence electrons. The van der Waals surface area contributed by atoms with E-state index < -0.39 is 0 Å². The van der Waals surface area contributed by atoms with Gasteiger partial charge in [-0.1, -0.05) is 49.4 Å². The van der Waals surface area contributed by atoms with Crippen LogP contribution < -0.4 is 0 Å². The molecule has 0 saturated carbocycles. The van der Waals surface area contributed by atoms with E-state index in [1.165, 1.54) is 0 Å². The number of tetrazole rings is 1. The standard InChI is InChI=1S/C24H23N7/c1-3-7-21-26-22-16(2)12-13-25-24(22)31(21)15-17-10-11-19(18-8-5-4-6-9-18)20(14-17)23-27-29-30-28-23/h4-6,8-14H,3,7,15H2,1-2H3,(H,27,28,29,30). The maximum Gasteiger partial charge on any atom is 0.205 e. The van der Waals surface area contributed by atoms with Crippen LogP contribution in [-0.4, -0.2) is 35.2 Å². The van der Waals surface area contributed by atoms with Crippen molar-refractivity contribution in [3.63, 3.8) is 0 Å². The third-order valence-electron chi connectivity index (χ3n) is 5.48. The maximum atomic E-state index is 4.90. The number of fused-ring (bicyclic) bond motifs is 1. The molecule has 1 N–H and O–H groups in total. The highest BCUT2D eigenvalue weighted by Crippen LogP contribution is 2.31. The zero-order valence-electron chi connectivity index (χ0n) is 17.6. The lowest BCUT2D eigenvalue weighted by molar-refractivity contribution is 0.717. The number of H-pyrrole nitrogens is 1. The summed E-state index contributed by atoms with van der Waals surface area (Å²) in [6.07, 6.45) is 3.80. The molecule has 3 aromatic heterocycles. The molecule has 0 saturated heterocycles. The Hall–Kier alpha value is -3.87. The van der Waals surface area contributed by atoms with Gasteiger partial charge in [-0.3, -0.25) is 0 Å². The summed E-state index contributed by atoms with van der Waals surface area (Å²) in [6, 6.07) is 18.7. The van der Waals surface area contributed by atoms with E-state index in [1.54, 1.807) is 0 Å². The third kappa shape index (κ3) is 3.59. The quantitative estimate of drug-likeness (QED) is 0.443. The highest BCUT2D eigenvalue weighted by atomic mass is 15.5. The van der Waals surface area contributed by atoms with Gasteiger partial charge in [0.15, 0.2) is 5.65 Å². The molecule has 0 atom stereocenters. The number of nitrogens with one attached hydrogen (secondary N) is 1. The molecule has 0 fully saturated rings. The van der Waals surface area contributed by atoms with Crippen LogP contribution in [-0.2, 0) is 13.0 Å². The smallest absolute Gasteiger partial charge is 0.205 e. The summed E-state index contributed by atoms with van der Waals surface area (Å²) in [6.45, 7) is 4.94. The molecule has 7 heteroatoms. The summed E-state index contributed by atoms with van der Waals surface area (Å²) in [5.74, 6) is 1.64. The van der Waals surface area contributed by atoms with E-state index >= 15 is 0 Å². The van der Waals surface area contributed by atoms with Gasteiger partial charge in [-0.25, -0.2) is 9.97 Å². The Labute approximate surface area is 180 Å². The molecular weight excluding hydrogens is 386 g/mol. The van der Waals surface area contributed by atoms with Crippen molar-refractivity contribution in [2.45, 2.75) is 33.2 Å². The van der Waals surface area contributed by atoms with Crippen LogP contribution in [0.25, 0.3) is 33.7 Å². The minimum atomic E-state index is 0.582. The fourth-order valence-corrected chi connectivity index (χ4v) is 3.97. The first kappa shape index (κ1) is 19.1. The number of nitrogens with zero attached hydrogens (tertiary/aromatic N) is 6. The third-order valence-corrected chi connectivity index (χ3v) is 5.48. The Balaban J connectivity index is 1.62. The number of hydrogen-bond donors (Lipinski definition) is 1. The summed E-state index contributed by atoms with van der Waals surface area (Å²) in [5.41, 5.74) is 7.33. The maximum absolute atomic E-state index is 4.90. The molecule has 5 rings (SSSR count). The second kappa shape index (κ2) is 8.10. The lowest BCUT2D eigenvalue weighted by Crippen LogP contribution is -2.06. The van der Waals surface area contributed by atoms with Crippen LogP contribution in [0.2, 0.25) is 0 Å². The molecule has 5 aromatic rings. The summed E-state index contributed by atoms with van der Waals surface area (Å²) in [7, 11) is 0. The molecule has 0 unspecified atom stereocenters. The van der Waals surface area contributed by atoms with E-state index in [0.717, 1.165) is 57.6 Å². The molecule has 0 aliphatic rings. The fourth-order valence-electron chi connectivity index (χ4n) is 3.97. The molecule has 31 heavy (non-hydrogen) atoms. The Bertz CT molecular complexity index is 1320. The molecule has 0 aliphatic heterocycles. The van der Waals surface area contributed by atoms with Crippen molar-refractivity contribution < 1.29 is 0 Å². The fraction of sp³-hybridized carbons (Fsp3) is 0.208. The van der Waals surface area contributed by atoms with Crippen molar-refractivity contribution >= 4 is 11.2 Å². The summed E-state index contributed by atoms with van der Waals surface area (Å²) >= 11 is 0. The normalized spacial score (nSPS) is 11.3.